The van der Waals surface area contributed by atoms with E-state index < -0.39 is 30.3 Å². The molecule has 0 aliphatic carbocycles. The number of benzene rings is 2. The first kappa shape index (κ1) is 25.7. The zero-order valence-corrected chi connectivity index (χ0v) is 21.0. The summed E-state index contributed by atoms with van der Waals surface area (Å²) in [5.41, 5.74) is 2.02. The van der Waals surface area contributed by atoms with Gasteiger partial charge in [-0.2, -0.15) is 0 Å². The second-order valence-corrected chi connectivity index (χ2v) is 10.2. The molecule has 1 amide bonds. The molecule has 0 aromatic heterocycles. The smallest absolute Gasteiger partial charge is 0.337 e. The van der Waals surface area contributed by atoms with Crippen LogP contribution in [-0.2, 0) is 16.0 Å². The number of carbonyl (C=O) groups excluding carboxylic acids is 2. The molecule has 0 bridgehead atoms. The number of nitrogens with one attached hydrogen (secondary N) is 1. The van der Waals surface area contributed by atoms with Crippen LogP contribution in [-0.4, -0.2) is 40.0 Å². The zero-order chi connectivity index (χ0) is 26.0. The molecule has 1 saturated heterocycles. The van der Waals surface area contributed by atoms with Crippen molar-refractivity contribution in [3.8, 4) is 17.2 Å². The minimum absolute atomic E-state index is 0.0790. The number of hydrogen-bond acceptors (Lipinski definition) is 7. The molecular weight excluding hydrogens is 462 g/mol. The van der Waals surface area contributed by atoms with Crippen molar-refractivity contribution in [2.24, 2.45) is 0 Å². The van der Waals surface area contributed by atoms with Crippen LogP contribution in [0.2, 0.25) is 0 Å². The normalized spacial score (nSPS) is 22.7. The molecule has 1 fully saturated rings. The number of phenols is 1. The maximum absolute atomic E-state index is 12.9. The van der Waals surface area contributed by atoms with Gasteiger partial charge >= 0.3 is 5.97 Å². The van der Waals surface area contributed by atoms with Crippen LogP contribution in [0.3, 0.4) is 0 Å². The molecular formula is C28H33NO7. The third-order valence-corrected chi connectivity index (χ3v) is 6.38. The predicted octanol–water partition coefficient (Wildman–Crippen LogP) is 4.34. The van der Waals surface area contributed by atoms with Crippen molar-refractivity contribution in [2.45, 2.75) is 77.4 Å². The monoisotopic (exact) mass is 495 g/mol. The summed E-state index contributed by atoms with van der Waals surface area (Å²) in [6.07, 6.45) is 3.38. The highest BCUT2D eigenvalue weighted by Crippen LogP contribution is 2.37. The van der Waals surface area contributed by atoms with Crippen molar-refractivity contribution in [1.82, 2.24) is 5.32 Å². The Labute approximate surface area is 210 Å². The van der Waals surface area contributed by atoms with Gasteiger partial charge in [-0.3, -0.25) is 4.79 Å². The molecule has 192 valence electrons. The highest BCUT2D eigenvalue weighted by molar-refractivity contribution is 5.98. The van der Waals surface area contributed by atoms with Gasteiger partial charge in [-0.25, -0.2) is 4.79 Å². The largest absolute Gasteiger partial charge is 0.508 e. The Kier molecular flexibility index (Phi) is 7.38. The van der Waals surface area contributed by atoms with Gasteiger partial charge in [-0.15, -0.1) is 0 Å². The standard InChI is InChI=1S/C28H33NO7/c1-16(2)7-8-17-14-18(9-12-21(17)30)26(32)29-24-25(31)20-11-10-19(15-22(20)35-27(24)33)34-23-6-5-13-28(3,4)36-23/h7,9-12,14-15,23-25,30-31H,5-6,8,13H2,1-4H3,(H,29,32). The van der Waals surface area contributed by atoms with Crippen molar-refractivity contribution in [3.05, 3.63) is 64.7 Å². The van der Waals surface area contributed by atoms with Crippen molar-refractivity contribution in [1.29, 1.82) is 0 Å². The van der Waals surface area contributed by atoms with Crippen LogP contribution >= 0.6 is 0 Å². The summed E-state index contributed by atoms with van der Waals surface area (Å²) in [5, 5.41) is 23.6. The highest BCUT2D eigenvalue weighted by atomic mass is 16.7. The second kappa shape index (κ2) is 10.3. The summed E-state index contributed by atoms with van der Waals surface area (Å²) in [4.78, 5) is 25.6. The maximum atomic E-state index is 12.9. The lowest BCUT2D eigenvalue weighted by Crippen LogP contribution is -2.49. The van der Waals surface area contributed by atoms with Crippen molar-refractivity contribution in [3.63, 3.8) is 0 Å². The van der Waals surface area contributed by atoms with Gasteiger partial charge < -0.3 is 29.7 Å². The van der Waals surface area contributed by atoms with Gasteiger partial charge in [0.2, 0.25) is 0 Å². The van der Waals surface area contributed by atoms with Gasteiger partial charge in [0, 0.05) is 23.6 Å². The Morgan fingerprint density at radius 1 is 1.22 bits per heavy atom. The van der Waals surface area contributed by atoms with Crippen molar-refractivity contribution >= 4 is 11.9 Å². The van der Waals surface area contributed by atoms with Crippen LogP contribution in [0.15, 0.2) is 48.0 Å². The second-order valence-electron chi connectivity index (χ2n) is 10.2. The van der Waals surface area contributed by atoms with Crippen molar-refractivity contribution in [2.75, 3.05) is 0 Å². The summed E-state index contributed by atoms with van der Waals surface area (Å²) in [6.45, 7) is 7.93. The van der Waals surface area contributed by atoms with E-state index in [4.69, 9.17) is 14.2 Å². The summed E-state index contributed by atoms with van der Waals surface area (Å²) in [5.74, 6) is -0.615. The number of rotatable bonds is 6. The van der Waals surface area contributed by atoms with Gasteiger partial charge in [-0.05, 0) is 82.9 Å². The number of fused-ring (bicyclic) bond motifs is 1. The number of aromatic hydroxyl groups is 1. The van der Waals surface area contributed by atoms with Gasteiger partial charge in [0.1, 0.15) is 23.4 Å². The molecule has 0 spiro atoms. The number of ether oxygens (including phenoxy) is 3. The highest BCUT2D eigenvalue weighted by Gasteiger charge is 2.38. The van der Waals surface area contributed by atoms with E-state index in [-0.39, 0.29) is 22.7 Å². The molecule has 2 aromatic carbocycles. The lowest BCUT2D eigenvalue weighted by Gasteiger charge is -2.36. The van der Waals surface area contributed by atoms with Crippen LogP contribution in [0.5, 0.6) is 17.2 Å². The first-order valence-corrected chi connectivity index (χ1v) is 12.2. The number of aliphatic hydroxyl groups excluding tert-OH is 1. The number of hydrogen-bond donors (Lipinski definition) is 3. The lowest BCUT2D eigenvalue weighted by atomic mass is 9.97. The molecule has 2 heterocycles. The molecule has 2 aliphatic heterocycles. The average Bonchev–Trinajstić information content (AvgIpc) is 2.80. The fourth-order valence-electron chi connectivity index (χ4n) is 4.37. The molecule has 3 N–H and O–H groups in total. The fourth-order valence-corrected chi connectivity index (χ4v) is 4.37. The summed E-state index contributed by atoms with van der Waals surface area (Å²) in [7, 11) is 0. The zero-order valence-electron chi connectivity index (χ0n) is 21.0. The van der Waals surface area contributed by atoms with Gasteiger partial charge in [0.15, 0.2) is 12.3 Å². The van der Waals surface area contributed by atoms with Gasteiger partial charge in [0.25, 0.3) is 5.91 Å². The van der Waals surface area contributed by atoms with Crippen LogP contribution in [0.1, 0.15) is 74.5 Å². The van der Waals surface area contributed by atoms with E-state index in [1.165, 1.54) is 12.1 Å². The van der Waals surface area contributed by atoms with E-state index in [1.807, 2.05) is 33.8 Å². The van der Waals surface area contributed by atoms with Crippen LogP contribution < -0.4 is 14.8 Å². The number of esters is 1. The molecule has 0 saturated carbocycles. The third kappa shape index (κ3) is 5.88. The van der Waals surface area contributed by atoms with E-state index in [0.717, 1.165) is 24.8 Å². The van der Waals surface area contributed by atoms with E-state index in [1.54, 1.807) is 24.3 Å². The molecule has 36 heavy (non-hydrogen) atoms. The Morgan fingerprint density at radius 3 is 2.72 bits per heavy atom. The fraction of sp³-hybridized carbons (Fsp3) is 0.429. The Balaban J connectivity index is 1.46. The van der Waals surface area contributed by atoms with Crippen LogP contribution in [0.25, 0.3) is 0 Å². The molecule has 3 unspecified atom stereocenters. The Hall–Kier alpha value is -3.36. The molecule has 4 rings (SSSR count). The Bertz CT molecular complexity index is 1180. The first-order valence-electron chi connectivity index (χ1n) is 12.2. The number of carbonyl (C=O) groups is 2. The Morgan fingerprint density at radius 2 is 2.00 bits per heavy atom. The summed E-state index contributed by atoms with van der Waals surface area (Å²) in [6, 6.07) is 8.03. The topological polar surface area (TPSA) is 114 Å². The lowest BCUT2D eigenvalue weighted by molar-refractivity contribution is -0.186. The number of amides is 1. The van der Waals surface area contributed by atoms with Crippen LogP contribution in [0, 0.1) is 0 Å². The van der Waals surface area contributed by atoms with E-state index in [0.29, 0.717) is 23.3 Å². The predicted molar refractivity (Wildman–Crippen MR) is 133 cm³/mol. The number of allylic oxidation sites excluding steroid dienone is 2. The van der Waals surface area contributed by atoms with Crippen molar-refractivity contribution < 1.29 is 34.0 Å². The maximum Gasteiger partial charge on any atom is 0.337 e. The number of aliphatic hydroxyl groups is 1. The first-order chi connectivity index (χ1) is 17.0. The number of phenolic OH excluding ortho intramolecular Hbond substituents is 1. The van der Waals surface area contributed by atoms with Crippen LogP contribution in [0.4, 0.5) is 0 Å². The van der Waals surface area contributed by atoms with Gasteiger partial charge in [0.05, 0.1) is 5.60 Å². The molecule has 2 aliphatic rings. The van der Waals surface area contributed by atoms with E-state index >= 15 is 0 Å². The molecule has 2 aromatic rings. The average molecular weight is 496 g/mol. The quantitative estimate of drug-likeness (QED) is 0.310. The molecule has 3 atom stereocenters. The van der Waals surface area contributed by atoms with E-state index in [2.05, 4.69) is 5.32 Å². The SMILES string of the molecule is CC(C)=CCc1cc(C(=O)NC2C(=O)Oc3cc(OC4CCCC(C)(C)O4)ccc3C2O)ccc1O. The molecule has 8 nitrogen and oxygen atoms in total. The minimum Gasteiger partial charge on any atom is -0.508 e. The van der Waals surface area contributed by atoms with Gasteiger partial charge in [-0.1, -0.05) is 11.6 Å². The molecule has 0 radical (unpaired) electrons. The third-order valence-electron chi connectivity index (χ3n) is 6.38. The molecule has 8 heteroatoms. The summed E-state index contributed by atoms with van der Waals surface area (Å²) >= 11 is 0. The minimum atomic E-state index is -1.30. The summed E-state index contributed by atoms with van der Waals surface area (Å²) < 4.78 is 17.4. The van der Waals surface area contributed by atoms with E-state index in [9.17, 15) is 19.8 Å².